The second-order valence-corrected chi connectivity index (χ2v) is 4.25. The zero-order valence-corrected chi connectivity index (χ0v) is 10.2. The number of hydrogen-bond donors (Lipinski definition) is 2. The van der Waals surface area contributed by atoms with E-state index in [1.807, 2.05) is 0 Å². The van der Waals surface area contributed by atoms with Gasteiger partial charge in [0.05, 0.1) is 29.6 Å². The van der Waals surface area contributed by atoms with Crippen LogP contribution in [0.5, 0.6) is 0 Å². The summed E-state index contributed by atoms with van der Waals surface area (Å²) in [6.07, 6.45) is 1.66. The molecule has 96 valence electrons. The summed E-state index contributed by atoms with van der Waals surface area (Å²) in [5.74, 6) is -0.701. The fourth-order valence-corrected chi connectivity index (χ4v) is 1.94. The molecule has 1 aliphatic heterocycles. The first-order valence-corrected chi connectivity index (χ1v) is 5.72. The molecule has 1 aromatic carbocycles. The lowest BCUT2D eigenvalue weighted by atomic mass is 10.1. The molecule has 7 nitrogen and oxygen atoms in total. The second-order valence-electron chi connectivity index (χ2n) is 4.25. The number of amides is 2. The fraction of sp³-hybridized carbons (Fsp3) is 0.167. The Bertz CT molecular complexity index is 677. The van der Waals surface area contributed by atoms with Crippen molar-refractivity contribution in [3.63, 3.8) is 0 Å². The largest absolute Gasteiger partial charge is 0.379 e. The number of aromatic nitrogens is 3. The van der Waals surface area contributed by atoms with Gasteiger partial charge in [0.2, 0.25) is 0 Å². The summed E-state index contributed by atoms with van der Waals surface area (Å²) in [6, 6.07) is 5.07. The summed E-state index contributed by atoms with van der Waals surface area (Å²) in [4.78, 5) is 22.9. The monoisotopic (exact) mass is 257 g/mol. The van der Waals surface area contributed by atoms with Crippen LogP contribution in [0.3, 0.4) is 0 Å². The lowest BCUT2D eigenvalue weighted by molar-refractivity contribution is 0.0879. The molecule has 2 amide bonds. The van der Waals surface area contributed by atoms with Crippen LogP contribution in [0.1, 0.15) is 26.4 Å². The Kier molecular flexibility index (Phi) is 2.52. The number of rotatable bonds is 3. The maximum absolute atomic E-state index is 11.5. The maximum Gasteiger partial charge on any atom is 0.259 e. The van der Waals surface area contributed by atoms with Gasteiger partial charge in [0.15, 0.2) is 0 Å². The van der Waals surface area contributed by atoms with Gasteiger partial charge in [0, 0.05) is 12.7 Å². The first kappa shape index (κ1) is 11.4. The van der Waals surface area contributed by atoms with Crippen LogP contribution in [0.2, 0.25) is 0 Å². The van der Waals surface area contributed by atoms with E-state index in [2.05, 4.69) is 20.9 Å². The lowest BCUT2D eigenvalue weighted by Gasteiger charge is -2.06. The normalized spacial score (nSPS) is 13.3. The van der Waals surface area contributed by atoms with E-state index >= 15 is 0 Å². The average molecular weight is 257 g/mol. The van der Waals surface area contributed by atoms with E-state index in [1.165, 1.54) is 0 Å². The number of carbonyl (C=O) groups excluding carboxylic acids is 2. The van der Waals surface area contributed by atoms with E-state index in [4.69, 9.17) is 0 Å². The average Bonchev–Trinajstić information content (AvgIpc) is 2.92. The van der Waals surface area contributed by atoms with Crippen LogP contribution in [-0.4, -0.2) is 26.8 Å². The van der Waals surface area contributed by atoms with Crippen molar-refractivity contribution in [1.82, 2.24) is 20.3 Å². The molecule has 3 rings (SSSR count). The second kappa shape index (κ2) is 4.20. The molecule has 0 saturated carbocycles. The molecule has 0 unspecified atom stereocenters. The van der Waals surface area contributed by atoms with Crippen molar-refractivity contribution in [2.75, 3.05) is 5.32 Å². The van der Waals surface area contributed by atoms with E-state index in [9.17, 15) is 9.59 Å². The number of anilines is 1. The summed E-state index contributed by atoms with van der Waals surface area (Å²) < 4.78 is 1.66. The van der Waals surface area contributed by atoms with Gasteiger partial charge in [-0.05, 0) is 18.2 Å². The van der Waals surface area contributed by atoms with Crippen LogP contribution in [0.4, 0.5) is 5.69 Å². The third-order valence-corrected chi connectivity index (χ3v) is 3.02. The van der Waals surface area contributed by atoms with E-state index in [1.54, 1.807) is 36.1 Å². The van der Waals surface area contributed by atoms with Gasteiger partial charge in [0.1, 0.15) is 0 Å². The molecule has 0 radical (unpaired) electrons. The molecule has 1 aliphatic rings. The van der Waals surface area contributed by atoms with E-state index in [0.717, 1.165) is 11.4 Å². The number of hydrogen-bond acceptors (Lipinski definition) is 5. The Hall–Kier alpha value is -2.70. The van der Waals surface area contributed by atoms with Crippen LogP contribution in [-0.2, 0) is 13.6 Å². The van der Waals surface area contributed by atoms with Gasteiger partial charge >= 0.3 is 0 Å². The molecular formula is C12H11N5O2. The van der Waals surface area contributed by atoms with Crippen LogP contribution in [0.25, 0.3) is 0 Å². The summed E-state index contributed by atoms with van der Waals surface area (Å²) in [5, 5.41) is 13.0. The quantitative estimate of drug-likeness (QED) is 0.772. The molecule has 0 atom stereocenters. The van der Waals surface area contributed by atoms with Gasteiger partial charge in [-0.2, -0.15) is 0 Å². The molecule has 2 heterocycles. The highest BCUT2D eigenvalue weighted by molar-refractivity contribution is 6.21. The van der Waals surface area contributed by atoms with Gasteiger partial charge < -0.3 is 5.32 Å². The summed E-state index contributed by atoms with van der Waals surface area (Å²) in [5.41, 5.74) is 2.50. The molecule has 7 heteroatoms. The molecule has 0 bridgehead atoms. The van der Waals surface area contributed by atoms with Crippen molar-refractivity contribution in [1.29, 1.82) is 0 Å². The molecule has 19 heavy (non-hydrogen) atoms. The number of nitrogens with one attached hydrogen (secondary N) is 2. The molecule has 0 spiro atoms. The minimum atomic E-state index is -0.356. The molecule has 2 N–H and O–H groups in total. The van der Waals surface area contributed by atoms with Gasteiger partial charge in [-0.1, -0.05) is 5.21 Å². The third kappa shape index (κ3) is 1.95. The first-order chi connectivity index (χ1) is 9.15. The van der Waals surface area contributed by atoms with Crippen molar-refractivity contribution in [2.45, 2.75) is 6.54 Å². The summed E-state index contributed by atoms with van der Waals surface area (Å²) in [7, 11) is 1.80. The highest BCUT2D eigenvalue weighted by Crippen LogP contribution is 2.20. The summed E-state index contributed by atoms with van der Waals surface area (Å²) in [6.45, 7) is 0.540. The van der Waals surface area contributed by atoms with Gasteiger partial charge in [-0.25, -0.2) is 0 Å². The van der Waals surface area contributed by atoms with Crippen molar-refractivity contribution in [3.05, 3.63) is 41.2 Å². The molecule has 2 aromatic rings. The fourth-order valence-electron chi connectivity index (χ4n) is 1.94. The first-order valence-electron chi connectivity index (χ1n) is 5.72. The number of fused-ring (bicyclic) bond motifs is 1. The number of nitrogens with zero attached hydrogens (tertiary/aromatic N) is 3. The number of imide groups is 1. The highest BCUT2D eigenvalue weighted by atomic mass is 16.2. The van der Waals surface area contributed by atoms with Crippen molar-refractivity contribution >= 4 is 17.5 Å². The molecule has 0 fully saturated rings. The number of carbonyl (C=O) groups is 2. The minimum Gasteiger partial charge on any atom is -0.379 e. The molecular weight excluding hydrogens is 246 g/mol. The van der Waals surface area contributed by atoms with Crippen molar-refractivity contribution in [2.24, 2.45) is 7.05 Å². The maximum atomic E-state index is 11.5. The topological polar surface area (TPSA) is 88.9 Å². The Morgan fingerprint density at radius 2 is 2.05 bits per heavy atom. The standard InChI is InChI=1S/C12H11N5O2/c1-17-8(6-14-16-17)5-13-7-2-3-9-10(4-7)12(19)15-11(9)18/h2-4,6,13H,5H2,1H3,(H,15,18,19). The van der Waals surface area contributed by atoms with E-state index in [-0.39, 0.29) is 11.8 Å². The predicted molar refractivity (Wildman–Crippen MR) is 66.6 cm³/mol. The smallest absolute Gasteiger partial charge is 0.259 e. The number of benzene rings is 1. The van der Waals surface area contributed by atoms with Crippen LogP contribution in [0.15, 0.2) is 24.4 Å². The van der Waals surface area contributed by atoms with Crippen LogP contribution < -0.4 is 10.6 Å². The predicted octanol–water partition coefficient (Wildman–Crippen LogP) is 0.311. The lowest BCUT2D eigenvalue weighted by Crippen LogP contribution is -2.19. The summed E-state index contributed by atoms with van der Waals surface area (Å²) >= 11 is 0. The zero-order valence-electron chi connectivity index (χ0n) is 10.2. The third-order valence-electron chi connectivity index (χ3n) is 3.02. The van der Waals surface area contributed by atoms with Crippen LogP contribution >= 0.6 is 0 Å². The molecule has 0 aliphatic carbocycles. The minimum absolute atomic E-state index is 0.345. The Morgan fingerprint density at radius 1 is 1.26 bits per heavy atom. The van der Waals surface area contributed by atoms with Crippen molar-refractivity contribution < 1.29 is 9.59 Å². The van der Waals surface area contributed by atoms with E-state index < -0.39 is 0 Å². The Labute approximate surface area is 108 Å². The SMILES string of the molecule is Cn1nncc1CNc1ccc2c(c1)C(=O)NC2=O. The van der Waals surface area contributed by atoms with E-state index in [0.29, 0.717) is 17.7 Å². The van der Waals surface area contributed by atoms with Gasteiger partial charge in [-0.3, -0.25) is 19.6 Å². The zero-order chi connectivity index (χ0) is 13.4. The van der Waals surface area contributed by atoms with Crippen molar-refractivity contribution in [3.8, 4) is 0 Å². The van der Waals surface area contributed by atoms with Crippen LogP contribution in [0, 0.1) is 0 Å². The van der Waals surface area contributed by atoms with Gasteiger partial charge in [-0.15, -0.1) is 5.10 Å². The molecule has 1 aromatic heterocycles. The molecule has 0 saturated heterocycles. The Balaban J connectivity index is 1.80. The highest BCUT2D eigenvalue weighted by Gasteiger charge is 2.26. The Morgan fingerprint density at radius 3 is 2.79 bits per heavy atom. The van der Waals surface area contributed by atoms with Gasteiger partial charge in [0.25, 0.3) is 11.8 Å². The number of aryl methyl sites for hydroxylation is 1.